The smallest absolute Gasteiger partial charge is 0.155 e. The minimum atomic E-state index is -0.300. The lowest BCUT2D eigenvalue weighted by atomic mass is 9.93. The SMILES string of the molecule is O=C1C=C(Cc2ccc(Cl)cc2F)CCC1. The fourth-order valence-electron chi connectivity index (χ4n) is 1.91. The number of allylic oxidation sites excluding steroid dienone is 2. The molecule has 1 nitrogen and oxygen atoms in total. The standard InChI is InChI=1S/C13H12ClFO/c14-11-5-4-10(13(15)8-11)6-9-2-1-3-12(16)7-9/h4-5,7-8H,1-3,6H2. The van der Waals surface area contributed by atoms with Crippen LogP contribution in [-0.2, 0) is 11.2 Å². The second kappa shape index (κ2) is 4.79. The van der Waals surface area contributed by atoms with Gasteiger partial charge in [0.15, 0.2) is 5.78 Å². The molecule has 0 spiro atoms. The fourth-order valence-corrected chi connectivity index (χ4v) is 2.07. The molecule has 84 valence electrons. The summed E-state index contributed by atoms with van der Waals surface area (Å²) >= 11 is 5.67. The Morgan fingerprint density at radius 2 is 2.12 bits per heavy atom. The third-order valence-electron chi connectivity index (χ3n) is 2.72. The predicted molar refractivity (Wildman–Crippen MR) is 62.1 cm³/mol. The highest BCUT2D eigenvalue weighted by molar-refractivity contribution is 6.30. The Morgan fingerprint density at radius 3 is 2.81 bits per heavy atom. The van der Waals surface area contributed by atoms with Gasteiger partial charge in [0.25, 0.3) is 0 Å². The Labute approximate surface area is 98.9 Å². The molecule has 1 aliphatic carbocycles. The Balaban J connectivity index is 2.17. The highest BCUT2D eigenvalue weighted by Gasteiger charge is 2.12. The van der Waals surface area contributed by atoms with Gasteiger partial charge in [0.05, 0.1) is 0 Å². The van der Waals surface area contributed by atoms with Crippen LogP contribution in [0.5, 0.6) is 0 Å². The lowest BCUT2D eigenvalue weighted by molar-refractivity contribution is -0.115. The summed E-state index contributed by atoms with van der Waals surface area (Å²) in [5, 5.41) is 0.398. The van der Waals surface area contributed by atoms with E-state index in [0.717, 1.165) is 18.4 Å². The lowest BCUT2D eigenvalue weighted by Crippen LogP contribution is -2.05. The average Bonchev–Trinajstić information content (AvgIpc) is 2.22. The minimum absolute atomic E-state index is 0.149. The molecule has 1 aliphatic rings. The molecule has 0 heterocycles. The van der Waals surface area contributed by atoms with Crippen LogP contribution < -0.4 is 0 Å². The highest BCUT2D eigenvalue weighted by atomic mass is 35.5. The number of rotatable bonds is 2. The Hall–Kier alpha value is -1.15. The van der Waals surface area contributed by atoms with Gasteiger partial charge in [0.1, 0.15) is 5.82 Å². The molecule has 0 unspecified atom stereocenters. The molecule has 0 atom stereocenters. The molecule has 0 saturated carbocycles. The Bertz CT molecular complexity index is 451. The van der Waals surface area contributed by atoms with Crippen LogP contribution in [0.2, 0.25) is 5.02 Å². The molecule has 0 N–H and O–H groups in total. The van der Waals surface area contributed by atoms with Crippen molar-refractivity contribution in [2.24, 2.45) is 0 Å². The molecular weight excluding hydrogens is 227 g/mol. The summed E-state index contributed by atoms with van der Waals surface area (Å²) in [7, 11) is 0. The van der Waals surface area contributed by atoms with Gasteiger partial charge in [0, 0.05) is 11.4 Å². The summed E-state index contributed by atoms with van der Waals surface area (Å²) < 4.78 is 13.5. The molecule has 0 saturated heterocycles. The zero-order valence-electron chi connectivity index (χ0n) is 8.80. The van der Waals surface area contributed by atoms with Crippen LogP contribution >= 0.6 is 11.6 Å². The second-order valence-electron chi connectivity index (χ2n) is 4.03. The predicted octanol–water partition coefficient (Wildman–Crippen LogP) is 3.70. The summed E-state index contributed by atoms with van der Waals surface area (Å²) in [6.07, 6.45) is 4.53. The number of ketones is 1. The summed E-state index contributed by atoms with van der Waals surface area (Å²) in [6, 6.07) is 4.66. The maximum atomic E-state index is 13.5. The first kappa shape index (κ1) is 11.3. The molecule has 2 rings (SSSR count). The average molecular weight is 239 g/mol. The zero-order chi connectivity index (χ0) is 11.5. The Kier molecular flexibility index (Phi) is 3.39. The molecule has 0 fully saturated rings. The number of benzene rings is 1. The van der Waals surface area contributed by atoms with E-state index in [0.29, 0.717) is 23.4 Å². The molecule has 16 heavy (non-hydrogen) atoms. The van der Waals surface area contributed by atoms with Crippen LogP contribution in [0.15, 0.2) is 29.8 Å². The maximum Gasteiger partial charge on any atom is 0.155 e. The van der Waals surface area contributed by atoms with Crippen LogP contribution in [-0.4, -0.2) is 5.78 Å². The summed E-state index contributed by atoms with van der Waals surface area (Å²) in [5.41, 5.74) is 1.61. The summed E-state index contributed by atoms with van der Waals surface area (Å²) in [5.74, 6) is -0.151. The maximum absolute atomic E-state index is 13.5. The van der Waals surface area contributed by atoms with E-state index < -0.39 is 0 Å². The molecule has 0 bridgehead atoms. The van der Waals surface area contributed by atoms with Gasteiger partial charge in [-0.3, -0.25) is 4.79 Å². The minimum Gasteiger partial charge on any atom is -0.295 e. The van der Waals surface area contributed by atoms with Crippen molar-refractivity contribution >= 4 is 17.4 Å². The zero-order valence-corrected chi connectivity index (χ0v) is 9.56. The molecule has 1 aromatic rings. The van der Waals surface area contributed by atoms with Crippen LogP contribution in [0.25, 0.3) is 0 Å². The topological polar surface area (TPSA) is 17.1 Å². The van der Waals surface area contributed by atoms with E-state index in [1.807, 2.05) is 0 Å². The van der Waals surface area contributed by atoms with Gasteiger partial charge < -0.3 is 0 Å². The fraction of sp³-hybridized carbons (Fsp3) is 0.308. The van der Waals surface area contributed by atoms with Crippen molar-refractivity contribution in [1.82, 2.24) is 0 Å². The van der Waals surface area contributed by atoms with E-state index in [9.17, 15) is 9.18 Å². The largest absolute Gasteiger partial charge is 0.295 e. The molecule has 0 radical (unpaired) electrons. The normalized spacial score (nSPS) is 16.1. The number of halogens is 2. The van der Waals surface area contributed by atoms with Crippen LogP contribution in [0.3, 0.4) is 0 Å². The van der Waals surface area contributed by atoms with Crippen LogP contribution in [0.4, 0.5) is 4.39 Å². The molecule has 3 heteroatoms. The van der Waals surface area contributed by atoms with E-state index in [4.69, 9.17) is 11.6 Å². The van der Waals surface area contributed by atoms with E-state index in [-0.39, 0.29) is 11.6 Å². The first-order chi connectivity index (χ1) is 7.65. The molecule has 0 amide bonds. The van der Waals surface area contributed by atoms with Crippen molar-refractivity contribution in [3.63, 3.8) is 0 Å². The molecular formula is C13H12ClFO. The van der Waals surface area contributed by atoms with Gasteiger partial charge in [-0.25, -0.2) is 4.39 Å². The van der Waals surface area contributed by atoms with Crippen LogP contribution in [0, 0.1) is 5.82 Å². The quantitative estimate of drug-likeness (QED) is 0.768. The van der Waals surface area contributed by atoms with Gasteiger partial charge in [-0.2, -0.15) is 0 Å². The monoisotopic (exact) mass is 238 g/mol. The van der Waals surface area contributed by atoms with Crippen molar-refractivity contribution in [1.29, 1.82) is 0 Å². The van der Waals surface area contributed by atoms with Crippen molar-refractivity contribution in [3.8, 4) is 0 Å². The molecule has 0 aliphatic heterocycles. The summed E-state index contributed by atoms with van der Waals surface area (Å²) in [6.45, 7) is 0. The van der Waals surface area contributed by atoms with Crippen LogP contribution in [0.1, 0.15) is 24.8 Å². The van der Waals surface area contributed by atoms with Crippen molar-refractivity contribution in [3.05, 3.63) is 46.3 Å². The van der Waals surface area contributed by atoms with Gasteiger partial charge in [-0.15, -0.1) is 0 Å². The van der Waals surface area contributed by atoms with Gasteiger partial charge >= 0.3 is 0 Å². The molecule has 0 aromatic heterocycles. The number of carbonyl (C=O) groups excluding carboxylic acids is 1. The van der Waals surface area contributed by atoms with Crippen molar-refractivity contribution in [2.45, 2.75) is 25.7 Å². The molecule has 1 aromatic carbocycles. The van der Waals surface area contributed by atoms with E-state index in [2.05, 4.69) is 0 Å². The Morgan fingerprint density at radius 1 is 1.31 bits per heavy atom. The van der Waals surface area contributed by atoms with Gasteiger partial charge in [0.2, 0.25) is 0 Å². The first-order valence-corrected chi connectivity index (χ1v) is 5.69. The van der Waals surface area contributed by atoms with Crippen molar-refractivity contribution < 1.29 is 9.18 Å². The first-order valence-electron chi connectivity index (χ1n) is 5.31. The second-order valence-corrected chi connectivity index (χ2v) is 4.47. The lowest BCUT2D eigenvalue weighted by Gasteiger charge is -2.12. The highest BCUT2D eigenvalue weighted by Crippen LogP contribution is 2.22. The number of hydrogen-bond acceptors (Lipinski definition) is 1. The summed E-state index contributed by atoms with van der Waals surface area (Å²) in [4.78, 5) is 11.2. The van der Waals surface area contributed by atoms with Gasteiger partial charge in [-0.05, 0) is 43.0 Å². The number of carbonyl (C=O) groups is 1. The van der Waals surface area contributed by atoms with E-state index >= 15 is 0 Å². The van der Waals surface area contributed by atoms with E-state index in [1.165, 1.54) is 6.07 Å². The number of hydrogen-bond donors (Lipinski definition) is 0. The van der Waals surface area contributed by atoms with E-state index in [1.54, 1.807) is 18.2 Å². The van der Waals surface area contributed by atoms with Crippen molar-refractivity contribution in [2.75, 3.05) is 0 Å². The third-order valence-corrected chi connectivity index (χ3v) is 2.95. The van der Waals surface area contributed by atoms with Gasteiger partial charge in [-0.1, -0.05) is 23.2 Å². The third kappa shape index (κ3) is 2.70.